The number of likely N-dealkylation sites (tertiary alicyclic amines) is 1. The molecule has 0 radical (unpaired) electrons. The fourth-order valence-electron chi connectivity index (χ4n) is 6.99. The number of halogens is 2. The van der Waals surface area contributed by atoms with E-state index in [-0.39, 0.29) is 36.0 Å². The van der Waals surface area contributed by atoms with Crippen LogP contribution < -0.4 is 11.1 Å². The number of hydrogen-bond donors (Lipinski definition) is 3. The van der Waals surface area contributed by atoms with Gasteiger partial charge in [0.25, 0.3) is 0 Å². The van der Waals surface area contributed by atoms with Crippen molar-refractivity contribution in [3.63, 3.8) is 0 Å². The van der Waals surface area contributed by atoms with E-state index in [9.17, 15) is 19.2 Å². The summed E-state index contributed by atoms with van der Waals surface area (Å²) in [6.07, 6.45) is 4.01. The van der Waals surface area contributed by atoms with Crippen molar-refractivity contribution in [3.05, 3.63) is 63.1 Å². The summed E-state index contributed by atoms with van der Waals surface area (Å²) in [5, 5.41) is 12.1. The number of hydrogen-bond acceptors (Lipinski definition) is 7. The summed E-state index contributed by atoms with van der Waals surface area (Å²) >= 11 is 13.4. The van der Waals surface area contributed by atoms with Gasteiger partial charge in [-0.05, 0) is 80.7 Å². The number of piperidine rings is 1. The van der Waals surface area contributed by atoms with Crippen LogP contribution in [-0.2, 0) is 20.8 Å². The summed E-state index contributed by atoms with van der Waals surface area (Å²) < 4.78 is 0.874. The van der Waals surface area contributed by atoms with E-state index in [2.05, 4.69) is 10.3 Å². The minimum absolute atomic E-state index is 0.0125. The van der Waals surface area contributed by atoms with Gasteiger partial charge < -0.3 is 25.8 Å². The summed E-state index contributed by atoms with van der Waals surface area (Å²) in [5.74, 6) is -1.17. The smallest absolute Gasteiger partial charge is 0.245 e. The summed E-state index contributed by atoms with van der Waals surface area (Å²) in [6.45, 7) is 1.50. The molecule has 0 spiro atoms. The zero-order valence-corrected chi connectivity index (χ0v) is 28.1. The fraction of sp³-hybridized carbons (Fsp3) is 0.455. The molecule has 0 saturated carbocycles. The van der Waals surface area contributed by atoms with E-state index in [0.717, 1.165) is 23.1 Å². The molecular formula is C33H37Cl2N7O4S. The third-order valence-electron chi connectivity index (χ3n) is 9.34. The molecule has 3 fully saturated rings. The van der Waals surface area contributed by atoms with Gasteiger partial charge >= 0.3 is 0 Å². The maximum absolute atomic E-state index is 13.9. The van der Waals surface area contributed by atoms with Gasteiger partial charge in [0.15, 0.2) is 11.0 Å². The molecule has 4 N–H and O–H groups in total. The van der Waals surface area contributed by atoms with E-state index in [4.69, 9.17) is 34.3 Å². The molecule has 47 heavy (non-hydrogen) atoms. The lowest BCUT2D eigenvalue weighted by Gasteiger charge is -2.39. The highest BCUT2D eigenvalue weighted by atomic mass is 35.5. The maximum atomic E-state index is 13.9. The van der Waals surface area contributed by atoms with Gasteiger partial charge in [0.2, 0.25) is 23.5 Å². The second kappa shape index (κ2) is 14.2. The van der Waals surface area contributed by atoms with Gasteiger partial charge in [-0.1, -0.05) is 41.4 Å². The Morgan fingerprint density at radius 1 is 1.11 bits per heavy atom. The Morgan fingerprint density at radius 2 is 1.91 bits per heavy atom. The number of nitrogens with one attached hydrogen (secondary N) is 2. The summed E-state index contributed by atoms with van der Waals surface area (Å²) in [6, 6.07) is 10.5. The number of aromatic nitrogens is 1. The number of ketones is 1. The quantitative estimate of drug-likeness (QED) is 0.164. The molecule has 2 aromatic carbocycles. The van der Waals surface area contributed by atoms with Crippen molar-refractivity contribution in [2.75, 3.05) is 26.2 Å². The first kappa shape index (κ1) is 33.2. The van der Waals surface area contributed by atoms with Gasteiger partial charge in [-0.25, -0.2) is 4.98 Å². The molecule has 3 amide bonds. The number of amides is 3. The molecule has 3 aliphatic heterocycles. The molecule has 4 heterocycles. The second-order valence-electron chi connectivity index (χ2n) is 12.5. The Kier molecular flexibility index (Phi) is 10.00. The van der Waals surface area contributed by atoms with Crippen molar-refractivity contribution < 1.29 is 19.2 Å². The Hall–Kier alpha value is -3.74. The fourth-order valence-corrected chi connectivity index (χ4v) is 8.27. The second-order valence-corrected chi connectivity index (χ2v) is 14.4. The number of benzene rings is 2. The van der Waals surface area contributed by atoms with Crippen LogP contribution >= 0.6 is 34.5 Å². The van der Waals surface area contributed by atoms with Crippen LogP contribution in [0.3, 0.4) is 0 Å². The highest BCUT2D eigenvalue weighted by Gasteiger charge is 2.49. The van der Waals surface area contributed by atoms with Gasteiger partial charge in [-0.2, -0.15) is 0 Å². The number of Topliss-reactive ketones (excluding diaryl/α,β-unsaturated/α-hetero) is 1. The highest BCUT2D eigenvalue weighted by molar-refractivity contribution is 7.20. The lowest BCUT2D eigenvalue weighted by molar-refractivity contribution is -0.157. The zero-order chi connectivity index (χ0) is 33.2. The lowest BCUT2D eigenvalue weighted by Crippen LogP contribution is -2.62. The minimum Gasteiger partial charge on any atom is -0.370 e. The number of guanidine groups is 1. The highest BCUT2D eigenvalue weighted by Crippen LogP contribution is 2.31. The molecule has 3 saturated heterocycles. The van der Waals surface area contributed by atoms with Gasteiger partial charge in [0.1, 0.15) is 12.1 Å². The number of fused-ring (bicyclic) bond motifs is 2. The van der Waals surface area contributed by atoms with Crippen LogP contribution in [0.1, 0.15) is 53.9 Å². The number of thiazole rings is 1. The van der Waals surface area contributed by atoms with Crippen molar-refractivity contribution in [1.29, 1.82) is 5.41 Å². The molecular weight excluding hydrogens is 661 g/mol. The van der Waals surface area contributed by atoms with Crippen LogP contribution in [0, 0.1) is 11.3 Å². The number of carbonyl (C=O) groups excluding carboxylic acids is 4. The Labute approximate surface area is 286 Å². The van der Waals surface area contributed by atoms with Crippen molar-refractivity contribution >= 4 is 74.2 Å². The Bertz CT molecular complexity index is 1680. The predicted octanol–water partition coefficient (Wildman–Crippen LogP) is 4.10. The maximum Gasteiger partial charge on any atom is 0.245 e. The van der Waals surface area contributed by atoms with Gasteiger partial charge in [-0.15, -0.1) is 11.3 Å². The minimum atomic E-state index is -0.882. The number of nitrogens with two attached hydrogens (primary N) is 1. The van der Waals surface area contributed by atoms with E-state index < -0.39 is 24.0 Å². The van der Waals surface area contributed by atoms with Crippen molar-refractivity contribution in [3.8, 4) is 0 Å². The van der Waals surface area contributed by atoms with E-state index in [1.807, 2.05) is 30.3 Å². The molecule has 4 atom stereocenters. The monoisotopic (exact) mass is 697 g/mol. The molecule has 3 aliphatic rings. The number of nitrogens with zero attached hydrogens (tertiary/aromatic N) is 4. The molecule has 3 aromatic rings. The average Bonchev–Trinajstić information content (AvgIpc) is 3.70. The normalized spacial score (nSPS) is 22.0. The van der Waals surface area contributed by atoms with Crippen LogP contribution in [0.15, 0.2) is 42.5 Å². The molecule has 14 heteroatoms. The Balaban J connectivity index is 1.13. The van der Waals surface area contributed by atoms with E-state index >= 15 is 0 Å². The van der Waals surface area contributed by atoms with Crippen molar-refractivity contribution in [2.45, 2.75) is 63.1 Å². The largest absolute Gasteiger partial charge is 0.370 e. The summed E-state index contributed by atoms with van der Waals surface area (Å²) in [4.78, 5) is 64.0. The first-order valence-electron chi connectivity index (χ1n) is 15.9. The Morgan fingerprint density at radius 3 is 2.68 bits per heavy atom. The molecule has 6 rings (SSSR count). The SMILES string of the molecule is N=C(N)N1CCC[C@@H](C[C@H](NC(=O)[C@@H]2CC[C@H]3C(=O)N(CCCc4ccc(Cl)c(Cl)c4)CC(=O)N23)C(=O)c2nc3ccccc3s2)C1. The third kappa shape index (κ3) is 7.24. The lowest BCUT2D eigenvalue weighted by atomic mass is 9.89. The number of piperazine rings is 1. The molecule has 11 nitrogen and oxygen atoms in total. The van der Waals surface area contributed by atoms with Gasteiger partial charge in [-0.3, -0.25) is 24.6 Å². The summed E-state index contributed by atoms with van der Waals surface area (Å²) in [5.41, 5.74) is 7.47. The van der Waals surface area contributed by atoms with Crippen molar-refractivity contribution in [1.82, 2.24) is 25.0 Å². The molecule has 0 aliphatic carbocycles. The number of carbonyl (C=O) groups is 4. The molecule has 1 aromatic heterocycles. The number of para-hydroxylation sites is 1. The third-order valence-corrected chi connectivity index (χ3v) is 11.1. The van der Waals surface area contributed by atoms with Crippen LogP contribution in [0.2, 0.25) is 10.0 Å². The van der Waals surface area contributed by atoms with Crippen molar-refractivity contribution in [2.24, 2.45) is 11.7 Å². The number of aryl methyl sites for hydroxylation is 1. The summed E-state index contributed by atoms with van der Waals surface area (Å²) in [7, 11) is 0. The molecule has 0 unspecified atom stereocenters. The zero-order valence-electron chi connectivity index (χ0n) is 25.8. The van der Waals surface area contributed by atoms with Gasteiger partial charge in [0.05, 0.1) is 32.8 Å². The van der Waals surface area contributed by atoms with Crippen LogP contribution in [-0.4, -0.2) is 93.5 Å². The first-order chi connectivity index (χ1) is 22.6. The number of rotatable bonds is 10. The standard InChI is InChI=1S/C33H37Cl2N7O4S/c34-21-10-9-19(15-22(21)35)5-3-13-40-18-28(43)42-25(11-12-26(42)32(40)46)30(45)38-24(16-20-6-4-14-41(17-20)33(36)37)29(44)31-39-23-7-1-2-8-27(23)47-31/h1-2,7-10,15,20,24-26H,3-6,11-14,16-18H2,(H3,36,37)(H,38,45)/t20-,24-,25-,26-/m0/s1. The molecule has 248 valence electrons. The topological polar surface area (TPSA) is 153 Å². The average molecular weight is 699 g/mol. The first-order valence-corrected chi connectivity index (χ1v) is 17.5. The van der Waals surface area contributed by atoms with Crippen LogP contribution in [0.5, 0.6) is 0 Å². The molecule has 0 bridgehead atoms. The van der Waals surface area contributed by atoms with E-state index in [1.165, 1.54) is 16.2 Å². The predicted molar refractivity (Wildman–Crippen MR) is 182 cm³/mol. The van der Waals surface area contributed by atoms with E-state index in [1.54, 1.807) is 21.9 Å². The van der Waals surface area contributed by atoms with E-state index in [0.29, 0.717) is 72.3 Å². The van der Waals surface area contributed by atoms with Crippen LogP contribution in [0.25, 0.3) is 10.2 Å². The van der Waals surface area contributed by atoms with Gasteiger partial charge in [0, 0.05) is 19.6 Å². The van der Waals surface area contributed by atoms with Crippen LogP contribution in [0.4, 0.5) is 0 Å².